The van der Waals surface area contributed by atoms with E-state index < -0.39 is 33.5 Å². The molecule has 1 atom stereocenters. The second-order valence-electron chi connectivity index (χ2n) is 5.76. The molecule has 0 saturated heterocycles. The standard InChI is InChI=1S/C18H14F2O5S/c1-10-16(11-3-6-13(7-4-11)26(2,22)23)17(18(21)24-10)25-12-5-8-14(19)15(20)9-12/h3-10H,1-2H3. The molecule has 0 bridgehead atoms. The maximum absolute atomic E-state index is 13.4. The average molecular weight is 380 g/mol. The lowest BCUT2D eigenvalue weighted by Gasteiger charge is -2.10. The van der Waals surface area contributed by atoms with Gasteiger partial charge in [0.2, 0.25) is 5.76 Å². The van der Waals surface area contributed by atoms with E-state index in [0.29, 0.717) is 11.1 Å². The quantitative estimate of drug-likeness (QED) is 0.763. The third-order valence-electron chi connectivity index (χ3n) is 3.82. The zero-order chi connectivity index (χ0) is 19.1. The summed E-state index contributed by atoms with van der Waals surface area (Å²) >= 11 is 0. The zero-order valence-electron chi connectivity index (χ0n) is 13.8. The van der Waals surface area contributed by atoms with Crippen molar-refractivity contribution in [1.29, 1.82) is 0 Å². The van der Waals surface area contributed by atoms with Crippen LogP contribution >= 0.6 is 0 Å². The van der Waals surface area contributed by atoms with Crippen LogP contribution in [0.5, 0.6) is 5.75 Å². The number of carbonyl (C=O) groups is 1. The van der Waals surface area contributed by atoms with Crippen LogP contribution < -0.4 is 4.74 Å². The summed E-state index contributed by atoms with van der Waals surface area (Å²) in [6.07, 6.45) is 0.441. The van der Waals surface area contributed by atoms with Gasteiger partial charge in [-0.15, -0.1) is 0 Å². The molecule has 5 nitrogen and oxygen atoms in total. The van der Waals surface area contributed by atoms with Gasteiger partial charge in [0, 0.05) is 17.9 Å². The lowest BCUT2D eigenvalue weighted by molar-refractivity contribution is -0.140. The molecule has 0 spiro atoms. The molecule has 3 rings (SSSR count). The van der Waals surface area contributed by atoms with Gasteiger partial charge in [-0.25, -0.2) is 22.0 Å². The van der Waals surface area contributed by atoms with E-state index in [1.165, 1.54) is 30.3 Å². The highest BCUT2D eigenvalue weighted by molar-refractivity contribution is 7.90. The number of halogens is 2. The highest BCUT2D eigenvalue weighted by Crippen LogP contribution is 2.33. The van der Waals surface area contributed by atoms with Gasteiger partial charge in [-0.05, 0) is 36.8 Å². The molecule has 0 radical (unpaired) electrons. The SMILES string of the molecule is CC1OC(=O)C(Oc2ccc(F)c(F)c2)=C1c1ccc(S(C)(=O)=O)cc1. The van der Waals surface area contributed by atoms with Crippen molar-refractivity contribution < 1.29 is 31.5 Å². The first-order valence-electron chi connectivity index (χ1n) is 7.55. The molecule has 2 aromatic rings. The van der Waals surface area contributed by atoms with Crippen LogP contribution in [0, 0.1) is 11.6 Å². The van der Waals surface area contributed by atoms with Crippen molar-refractivity contribution in [2.24, 2.45) is 0 Å². The van der Waals surface area contributed by atoms with Crippen LogP contribution in [0.3, 0.4) is 0 Å². The topological polar surface area (TPSA) is 69.7 Å². The Morgan fingerprint density at radius 3 is 2.27 bits per heavy atom. The summed E-state index contributed by atoms with van der Waals surface area (Å²) in [6, 6.07) is 8.76. The monoisotopic (exact) mass is 380 g/mol. The highest BCUT2D eigenvalue weighted by Gasteiger charge is 2.34. The predicted octanol–water partition coefficient (Wildman–Crippen LogP) is 3.10. The van der Waals surface area contributed by atoms with Crippen LogP contribution in [0.1, 0.15) is 12.5 Å². The molecule has 136 valence electrons. The third kappa shape index (κ3) is 3.45. The number of benzene rings is 2. The maximum atomic E-state index is 13.4. The van der Waals surface area contributed by atoms with Crippen molar-refractivity contribution in [2.75, 3.05) is 6.26 Å². The summed E-state index contributed by atoms with van der Waals surface area (Å²) in [4.78, 5) is 12.2. The van der Waals surface area contributed by atoms with Gasteiger partial charge in [0.25, 0.3) is 0 Å². The normalized spacial score (nSPS) is 17.4. The van der Waals surface area contributed by atoms with Crippen LogP contribution in [0.2, 0.25) is 0 Å². The molecule has 0 aliphatic carbocycles. The Balaban J connectivity index is 2.02. The first-order chi connectivity index (χ1) is 12.2. The number of sulfone groups is 1. The van der Waals surface area contributed by atoms with Gasteiger partial charge < -0.3 is 9.47 Å². The lowest BCUT2D eigenvalue weighted by atomic mass is 10.0. The minimum Gasteiger partial charge on any atom is -0.452 e. The van der Waals surface area contributed by atoms with E-state index >= 15 is 0 Å². The van der Waals surface area contributed by atoms with Crippen molar-refractivity contribution in [3.63, 3.8) is 0 Å². The number of cyclic esters (lactones) is 1. The Morgan fingerprint density at radius 2 is 1.69 bits per heavy atom. The highest BCUT2D eigenvalue weighted by atomic mass is 32.2. The van der Waals surface area contributed by atoms with Crippen molar-refractivity contribution in [2.45, 2.75) is 17.9 Å². The summed E-state index contributed by atoms with van der Waals surface area (Å²) in [5.74, 6) is -3.11. The zero-order valence-corrected chi connectivity index (χ0v) is 14.6. The summed E-state index contributed by atoms with van der Waals surface area (Å²) in [5, 5.41) is 0. The van der Waals surface area contributed by atoms with E-state index in [9.17, 15) is 22.0 Å². The largest absolute Gasteiger partial charge is 0.452 e. The summed E-state index contributed by atoms with van der Waals surface area (Å²) in [5.41, 5.74) is 0.910. The first kappa shape index (κ1) is 18.1. The van der Waals surface area contributed by atoms with Crippen molar-refractivity contribution in [3.05, 3.63) is 65.4 Å². The van der Waals surface area contributed by atoms with Gasteiger partial charge in [0.15, 0.2) is 21.5 Å². The molecule has 0 N–H and O–H groups in total. The molecule has 1 unspecified atom stereocenters. The Hall–Kier alpha value is -2.74. The number of carbonyl (C=O) groups excluding carboxylic acids is 1. The van der Waals surface area contributed by atoms with E-state index in [-0.39, 0.29) is 16.4 Å². The molecular weight excluding hydrogens is 366 g/mol. The fraction of sp³-hybridized carbons (Fsp3) is 0.167. The van der Waals surface area contributed by atoms with E-state index in [4.69, 9.17) is 9.47 Å². The molecule has 1 aliphatic rings. The fourth-order valence-electron chi connectivity index (χ4n) is 2.57. The van der Waals surface area contributed by atoms with Crippen LogP contribution in [-0.4, -0.2) is 26.7 Å². The van der Waals surface area contributed by atoms with Gasteiger partial charge in [-0.2, -0.15) is 0 Å². The lowest BCUT2D eigenvalue weighted by Crippen LogP contribution is -2.07. The van der Waals surface area contributed by atoms with Crippen LogP contribution in [-0.2, 0) is 19.4 Å². The molecule has 0 saturated carbocycles. The van der Waals surface area contributed by atoms with E-state index in [1.807, 2.05) is 0 Å². The van der Waals surface area contributed by atoms with Gasteiger partial charge in [-0.1, -0.05) is 12.1 Å². The van der Waals surface area contributed by atoms with Gasteiger partial charge >= 0.3 is 5.97 Å². The number of ether oxygens (including phenoxy) is 2. The molecule has 0 amide bonds. The molecule has 26 heavy (non-hydrogen) atoms. The average Bonchev–Trinajstić information content (AvgIpc) is 2.84. The van der Waals surface area contributed by atoms with Crippen LogP contribution in [0.25, 0.3) is 5.57 Å². The van der Waals surface area contributed by atoms with Crippen LogP contribution in [0.15, 0.2) is 53.1 Å². The summed E-state index contributed by atoms with van der Waals surface area (Å²) in [7, 11) is -3.36. The van der Waals surface area contributed by atoms with E-state index in [2.05, 4.69) is 0 Å². The van der Waals surface area contributed by atoms with E-state index in [1.54, 1.807) is 6.92 Å². The molecule has 8 heteroatoms. The fourth-order valence-corrected chi connectivity index (χ4v) is 3.20. The van der Waals surface area contributed by atoms with Crippen molar-refractivity contribution in [3.8, 4) is 5.75 Å². The minimum atomic E-state index is -3.36. The molecule has 0 aromatic heterocycles. The third-order valence-corrected chi connectivity index (χ3v) is 4.95. The first-order valence-corrected chi connectivity index (χ1v) is 9.44. The maximum Gasteiger partial charge on any atom is 0.375 e. The van der Waals surface area contributed by atoms with Gasteiger partial charge in [0.1, 0.15) is 11.9 Å². The number of esters is 1. The molecular formula is C18H14F2O5S. The van der Waals surface area contributed by atoms with Crippen LogP contribution in [0.4, 0.5) is 8.78 Å². The van der Waals surface area contributed by atoms with Crippen molar-refractivity contribution >= 4 is 21.4 Å². The Morgan fingerprint density at radius 1 is 1.04 bits per heavy atom. The van der Waals surface area contributed by atoms with Gasteiger partial charge in [-0.3, -0.25) is 0 Å². The Kier molecular flexibility index (Phi) is 4.53. The van der Waals surface area contributed by atoms with Crippen molar-refractivity contribution in [1.82, 2.24) is 0 Å². The van der Waals surface area contributed by atoms with Gasteiger partial charge in [0.05, 0.1) is 4.90 Å². The number of rotatable bonds is 4. The number of hydrogen-bond acceptors (Lipinski definition) is 5. The number of hydrogen-bond donors (Lipinski definition) is 0. The summed E-state index contributed by atoms with van der Waals surface area (Å²) < 4.78 is 60.1. The summed E-state index contributed by atoms with van der Waals surface area (Å²) in [6.45, 7) is 1.62. The minimum absolute atomic E-state index is 0.0600. The molecule has 2 aromatic carbocycles. The predicted molar refractivity (Wildman–Crippen MR) is 89.0 cm³/mol. The second kappa shape index (κ2) is 6.53. The molecule has 1 aliphatic heterocycles. The smallest absolute Gasteiger partial charge is 0.375 e. The molecule has 0 fully saturated rings. The Bertz CT molecular complexity index is 1010. The second-order valence-corrected chi connectivity index (χ2v) is 7.78. The Labute approximate surface area is 148 Å². The molecule has 1 heterocycles. The van der Waals surface area contributed by atoms with E-state index in [0.717, 1.165) is 18.4 Å².